The first-order valence-electron chi connectivity index (χ1n) is 13.5. The molecule has 0 radical (unpaired) electrons. The summed E-state index contributed by atoms with van der Waals surface area (Å²) in [5.74, 6) is 0.541. The maximum atomic E-state index is 12.9. The van der Waals surface area contributed by atoms with Crippen molar-refractivity contribution in [3.63, 3.8) is 0 Å². The summed E-state index contributed by atoms with van der Waals surface area (Å²) < 4.78 is 11.1. The second-order valence-electron chi connectivity index (χ2n) is 13.2. The molecule has 0 spiro atoms. The van der Waals surface area contributed by atoms with Crippen molar-refractivity contribution in [3.8, 4) is 5.75 Å². The van der Waals surface area contributed by atoms with E-state index in [1.807, 2.05) is 12.1 Å². The monoisotopic (exact) mass is 527 g/mol. The minimum absolute atomic E-state index is 0.0436. The zero-order valence-corrected chi connectivity index (χ0v) is 25.0. The number of carbonyl (C=O) groups is 2. The molecule has 1 unspecified atom stereocenters. The van der Waals surface area contributed by atoms with Gasteiger partial charge in [0.1, 0.15) is 10.8 Å². The summed E-state index contributed by atoms with van der Waals surface area (Å²) in [5, 5.41) is 3.52. The number of hydrogen-bond acceptors (Lipinski definition) is 5. The Morgan fingerprint density at radius 3 is 2.24 bits per heavy atom. The van der Waals surface area contributed by atoms with Gasteiger partial charge in [0.25, 0.3) is 5.91 Å². The van der Waals surface area contributed by atoms with Crippen molar-refractivity contribution in [3.05, 3.63) is 45.8 Å². The zero-order valence-electron chi connectivity index (χ0n) is 24.2. The van der Waals surface area contributed by atoms with Crippen molar-refractivity contribution in [2.24, 2.45) is 16.7 Å². The second kappa shape index (κ2) is 11.2. The number of hydrogen-bond donors (Lipinski definition) is 1. The lowest BCUT2D eigenvalue weighted by molar-refractivity contribution is -0.118. The molecule has 3 rings (SSSR count). The van der Waals surface area contributed by atoms with Crippen molar-refractivity contribution in [1.29, 1.82) is 0 Å². The average molecular weight is 528 g/mol. The van der Waals surface area contributed by atoms with E-state index in [1.165, 1.54) is 21.8 Å². The fourth-order valence-electron chi connectivity index (χ4n) is 5.57. The first-order chi connectivity index (χ1) is 17.1. The molecule has 0 saturated carbocycles. The number of fused-ring (bicyclic) bond motifs is 1. The summed E-state index contributed by atoms with van der Waals surface area (Å²) in [6.45, 7) is 20.0. The van der Waals surface area contributed by atoms with Gasteiger partial charge in [-0.15, -0.1) is 11.3 Å². The average Bonchev–Trinajstić information content (AvgIpc) is 3.13. The maximum absolute atomic E-state index is 12.9. The van der Waals surface area contributed by atoms with Gasteiger partial charge in [-0.05, 0) is 78.0 Å². The summed E-state index contributed by atoms with van der Waals surface area (Å²) in [6.07, 6.45) is 3.83. The molecular formula is C31H45NO4S. The van der Waals surface area contributed by atoms with Gasteiger partial charge in [-0.25, -0.2) is 4.79 Å². The molecule has 1 atom stereocenters. The Balaban J connectivity index is 1.69. The summed E-state index contributed by atoms with van der Waals surface area (Å²) in [5.41, 5.74) is 3.27. The number of carbonyl (C=O) groups excluding carboxylic acids is 2. The fourth-order valence-corrected chi connectivity index (χ4v) is 6.91. The van der Waals surface area contributed by atoms with Crippen LogP contribution in [0.2, 0.25) is 0 Å². The Labute approximate surface area is 227 Å². The molecule has 0 saturated heterocycles. The number of benzene rings is 1. The third-order valence-electron chi connectivity index (χ3n) is 7.20. The molecule has 0 fully saturated rings. The van der Waals surface area contributed by atoms with Crippen molar-refractivity contribution in [2.75, 3.05) is 18.5 Å². The van der Waals surface area contributed by atoms with Crippen molar-refractivity contribution >= 4 is 28.2 Å². The Hall–Kier alpha value is -2.34. The van der Waals surface area contributed by atoms with Crippen LogP contribution in [-0.4, -0.2) is 25.1 Å². The molecule has 204 valence electrons. The van der Waals surface area contributed by atoms with Gasteiger partial charge in [-0.3, -0.25) is 4.79 Å². The zero-order chi connectivity index (χ0) is 27.6. The summed E-state index contributed by atoms with van der Waals surface area (Å²) in [6, 6.07) is 8.01. The minimum atomic E-state index is -0.362. The van der Waals surface area contributed by atoms with E-state index in [1.54, 1.807) is 6.92 Å². The topological polar surface area (TPSA) is 64.6 Å². The van der Waals surface area contributed by atoms with Gasteiger partial charge in [0.2, 0.25) is 0 Å². The number of rotatable bonds is 8. The molecular weight excluding hydrogens is 482 g/mol. The Morgan fingerprint density at radius 1 is 1.03 bits per heavy atom. The molecule has 37 heavy (non-hydrogen) atoms. The van der Waals surface area contributed by atoms with E-state index >= 15 is 0 Å². The van der Waals surface area contributed by atoms with Gasteiger partial charge in [0, 0.05) is 4.88 Å². The van der Waals surface area contributed by atoms with E-state index in [0.29, 0.717) is 28.8 Å². The fraction of sp³-hybridized carbons (Fsp3) is 0.613. The molecule has 5 nitrogen and oxygen atoms in total. The van der Waals surface area contributed by atoms with E-state index in [2.05, 4.69) is 72.8 Å². The number of ether oxygens (including phenoxy) is 2. The van der Waals surface area contributed by atoms with Crippen LogP contribution in [0.3, 0.4) is 0 Å². The van der Waals surface area contributed by atoms with Crippen LogP contribution in [0.15, 0.2) is 24.3 Å². The predicted octanol–water partition coefficient (Wildman–Crippen LogP) is 7.81. The van der Waals surface area contributed by atoms with E-state index < -0.39 is 0 Å². The van der Waals surface area contributed by atoms with Crippen LogP contribution in [0.4, 0.5) is 5.00 Å². The quantitative estimate of drug-likeness (QED) is 0.356. The molecule has 6 heteroatoms. The molecule has 2 aromatic rings. The molecule has 1 aliphatic rings. The summed E-state index contributed by atoms with van der Waals surface area (Å²) in [7, 11) is 0. The third kappa shape index (κ3) is 7.59. The third-order valence-corrected chi connectivity index (χ3v) is 8.37. The van der Waals surface area contributed by atoms with E-state index in [-0.39, 0.29) is 34.7 Å². The van der Waals surface area contributed by atoms with Gasteiger partial charge in [0.05, 0.1) is 12.2 Å². The van der Waals surface area contributed by atoms with Crippen LogP contribution in [0.1, 0.15) is 102 Å². The summed E-state index contributed by atoms with van der Waals surface area (Å²) >= 11 is 1.51. The number of anilines is 1. The highest BCUT2D eigenvalue weighted by Gasteiger charge is 2.34. The molecule has 1 amide bonds. The molecule has 1 aromatic heterocycles. The van der Waals surface area contributed by atoms with Crippen molar-refractivity contribution in [1.82, 2.24) is 0 Å². The normalized spacial score (nSPS) is 16.2. The smallest absolute Gasteiger partial charge is 0.341 e. The highest BCUT2D eigenvalue weighted by molar-refractivity contribution is 7.17. The highest BCUT2D eigenvalue weighted by atomic mass is 32.1. The van der Waals surface area contributed by atoms with Crippen LogP contribution < -0.4 is 10.1 Å². The Kier molecular flexibility index (Phi) is 8.83. The second-order valence-corrected chi connectivity index (χ2v) is 14.3. The van der Waals surface area contributed by atoms with E-state index in [0.717, 1.165) is 31.2 Å². The van der Waals surface area contributed by atoms with Gasteiger partial charge in [-0.1, -0.05) is 67.5 Å². The Morgan fingerprint density at radius 2 is 1.68 bits per heavy atom. The van der Waals surface area contributed by atoms with E-state index in [9.17, 15) is 9.59 Å². The van der Waals surface area contributed by atoms with Crippen molar-refractivity contribution in [2.45, 2.75) is 93.4 Å². The lowest BCUT2D eigenvalue weighted by atomic mass is 9.72. The molecule has 1 aliphatic carbocycles. The predicted molar refractivity (Wildman–Crippen MR) is 153 cm³/mol. The number of nitrogens with one attached hydrogen (secondary N) is 1. The standard InChI is InChI=1S/C31H45NO4S/c1-10-35-28(34)26-23-16-13-21(30(5,6)7)17-24(23)37-27(26)32-25(33)18-36-22-14-11-20(12-15-22)31(8,9)19-29(2,3)4/h11-12,14-15,21H,10,13,16-19H2,1-9H3,(H,32,33). The summed E-state index contributed by atoms with van der Waals surface area (Å²) in [4.78, 5) is 26.9. The molecule has 1 heterocycles. The highest BCUT2D eigenvalue weighted by Crippen LogP contribution is 2.44. The number of amides is 1. The first-order valence-corrected chi connectivity index (χ1v) is 14.3. The largest absolute Gasteiger partial charge is 0.484 e. The van der Waals surface area contributed by atoms with Gasteiger partial charge in [-0.2, -0.15) is 0 Å². The van der Waals surface area contributed by atoms with Gasteiger partial charge < -0.3 is 14.8 Å². The molecule has 0 aliphatic heterocycles. The van der Waals surface area contributed by atoms with Crippen LogP contribution in [0, 0.1) is 16.7 Å². The lowest BCUT2D eigenvalue weighted by Crippen LogP contribution is -2.26. The van der Waals surface area contributed by atoms with Crippen LogP contribution in [0.25, 0.3) is 0 Å². The van der Waals surface area contributed by atoms with Gasteiger partial charge in [0.15, 0.2) is 6.61 Å². The SMILES string of the molecule is CCOC(=O)c1c(NC(=O)COc2ccc(C(C)(C)CC(C)(C)C)cc2)sc2c1CCC(C(C)(C)C)C2. The maximum Gasteiger partial charge on any atom is 0.341 e. The molecule has 1 aromatic carbocycles. The number of thiophene rings is 1. The van der Waals surface area contributed by atoms with Crippen LogP contribution >= 0.6 is 11.3 Å². The van der Waals surface area contributed by atoms with Crippen LogP contribution in [0.5, 0.6) is 5.75 Å². The molecule has 1 N–H and O–H groups in total. The lowest BCUT2D eigenvalue weighted by Gasteiger charge is -2.33. The van der Waals surface area contributed by atoms with Gasteiger partial charge >= 0.3 is 5.97 Å². The van der Waals surface area contributed by atoms with Crippen molar-refractivity contribution < 1.29 is 19.1 Å². The first kappa shape index (κ1) is 29.2. The van der Waals surface area contributed by atoms with Crippen LogP contribution in [-0.2, 0) is 27.8 Å². The van der Waals surface area contributed by atoms with E-state index in [4.69, 9.17) is 9.47 Å². The number of esters is 1. The minimum Gasteiger partial charge on any atom is -0.484 e. The Bertz CT molecular complexity index is 1100. The molecule has 0 bridgehead atoms.